The van der Waals surface area contributed by atoms with Crippen LogP contribution in [0.4, 0.5) is 15.9 Å². The molecule has 0 unspecified atom stereocenters. The summed E-state index contributed by atoms with van der Waals surface area (Å²) in [7, 11) is 0. The minimum atomic E-state index is -0.415. The smallest absolute Gasteiger partial charge is 0.271 e. The summed E-state index contributed by atoms with van der Waals surface area (Å²) in [5, 5.41) is 2.56. The highest BCUT2D eigenvalue weighted by Gasteiger charge is 2.20. The molecule has 2 heterocycles. The lowest BCUT2D eigenvalue weighted by Crippen LogP contribution is -2.36. The number of amides is 1. The van der Waals surface area contributed by atoms with Crippen molar-refractivity contribution in [3.8, 4) is 5.88 Å². The summed E-state index contributed by atoms with van der Waals surface area (Å²) in [6.07, 6.45) is 0. The van der Waals surface area contributed by atoms with Gasteiger partial charge in [-0.15, -0.1) is 4.37 Å². The summed E-state index contributed by atoms with van der Waals surface area (Å²) in [6.45, 7) is 2.43. The molecule has 0 saturated carbocycles. The maximum atomic E-state index is 13.1. The topological polar surface area (TPSA) is 76.6 Å². The van der Waals surface area contributed by atoms with Gasteiger partial charge in [-0.25, -0.2) is 4.39 Å². The molecule has 0 radical (unpaired) electrons. The van der Waals surface area contributed by atoms with Crippen molar-refractivity contribution in [2.75, 3.05) is 43.1 Å². The SMILES string of the molecule is O=C(COc1nsnc1N1CCOCC1)Nc1cccc(F)c1. The van der Waals surface area contributed by atoms with Crippen molar-refractivity contribution in [2.24, 2.45) is 0 Å². The number of carbonyl (C=O) groups excluding carboxylic acids is 1. The highest BCUT2D eigenvalue weighted by molar-refractivity contribution is 6.99. The van der Waals surface area contributed by atoms with Crippen LogP contribution in [0.5, 0.6) is 5.88 Å². The van der Waals surface area contributed by atoms with Crippen molar-refractivity contribution in [3.63, 3.8) is 0 Å². The lowest BCUT2D eigenvalue weighted by atomic mass is 10.3. The van der Waals surface area contributed by atoms with Crippen LogP contribution in [0.2, 0.25) is 0 Å². The van der Waals surface area contributed by atoms with E-state index in [9.17, 15) is 9.18 Å². The van der Waals surface area contributed by atoms with Crippen molar-refractivity contribution in [1.29, 1.82) is 0 Å². The van der Waals surface area contributed by atoms with Crippen LogP contribution in [-0.2, 0) is 9.53 Å². The third kappa shape index (κ3) is 4.14. The van der Waals surface area contributed by atoms with Gasteiger partial charge in [0.25, 0.3) is 11.8 Å². The predicted molar refractivity (Wildman–Crippen MR) is 83.5 cm³/mol. The fourth-order valence-electron chi connectivity index (χ4n) is 2.13. The zero-order chi connectivity index (χ0) is 16.1. The Balaban J connectivity index is 1.56. The molecule has 23 heavy (non-hydrogen) atoms. The second-order valence-corrected chi connectivity index (χ2v) is 5.37. The summed E-state index contributed by atoms with van der Waals surface area (Å²) in [5.41, 5.74) is 0.378. The Morgan fingerprint density at radius 1 is 1.39 bits per heavy atom. The maximum Gasteiger partial charge on any atom is 0.271 e. The fraction of sp³-hybridized carbons (Fsp3) is 0.357. The van der Waals surface area contributed by atoms with E-state index in [0.717, 1.165) is 11.7 Å². The van der Waals surface area contributed by atoms with E-state index in [1.54, 1.807) is 6.07 Å². The van der Waals surface area contributed by atoms with Gasteiger partial charge in [0.2, 0.25) is 5.82 Å². The predicted octanol–water partition coefficient (Wildman–Crippen LogP) is 1.53. The quantitative estimate of drug-likeness (QED) is 0.891. The Morgan fingerprint density at radius 3 is 3.00 bits per heavy atom. The molecular formula is C14H15FN4O3S. The van der Waals surface area contributed by atoms with Crippen LogP contribution in [0.15, 0.2) is 24.3 Å². The lowest BCUT2D eigenvalue weighted by molar-refractivity contribution is -0.118. The molecule has 1 amide bonds. The van der Waals surface area contributed by atoms with Gasteiger partial charge in [0.1, 0.15) is 5.82 Å². The van der Waals surface area contributed by atoms with E-state index in [1.165, 1.54) is 18.2 Å². The van der Waals surface area contributed by atoms with Gasteiger partial charge < -0.3 is 19.7 Å². The molecule has 3 rings (SSSR count). The van der Waals surface area contributed by atoms with E-state index in [0.29, 0.717) is 43.7 Å². The molecule has 0 aliphatic carbocycles. The fourth-order valence-corrected chi connectivity index (χ4v) is 2.65. The van der Waals surface area contributed by atoms with Crippen molar-refractivity contribution in [2.45, 2.75) is 0 Å². The monoisotopic (exact) mass is 338 g/mol. The summed E-state index contributed by atoms with van der Waals surface area (Å²) < 4.78 is 32.1. The Bertz CT molecular complexity index is 676. The number of carbonyl (C=O) groups is 1. The summed E-state index contributed by atoms with van der Waals surface area (Å²) in [4.78, 5) is 13.9. The van der Waals surface area contributed by atoms with Crippen LogP contribution in [0.1, 0.15) is 0 Å². The third-order valence-electron chi connectivity index (χ3n) is 3.20. The largest absolute Gasteiger partial charge is 0.464 e. The average Bonchev–Trinajstić information content (AvgIpc) is 3.02. The number of morpholine rings is 1. The zero-order valence-electron chi connectivity index (χ0n) is 12.2. The van der Waals surface area contributed by atoms with E-state index in [4.69, 9.17) is 9.47 Å². The van der Waals surface area contributed by atoms with Crippen molar-refractivity contribution < 1.29 is 18.7 Å². The van der Waals surface area contributed by atoms with Gasteiger partial charge in [-0.3, -0.25) is 4.79 Å². The first-order chi connectivity index (χ1) is 11.2. The Morgan fingerprint density at radius 2 is 2.22 bits per heavy atom. The Labute approximate surface area is 136 Å². The van der Waals surface area contributed by atoms with E-state index < -0.39 is 11.7 Å². The Hall–Kier alpha value is -2.26. The number of hydrogen-bond acceptors (Lipinski definition) is 7. The maximum absolute atomic E-state index is 13.1. The van der Waals surface area contributed by atoms with E-state index in [1.807, 2.05) is 4.90 Å². The average molecular weight is 338 g/mol. The van der Waals surface area contributed by atoms with Crippen LogP contribution < -0.4 is 15.0 Å². The number of nitrogens with one attached hydrogen (secondary N) is 1. The number of ether oxygens (including phenoxy) is 2. The van der Waals surface area contributed by atoms with Gasteiger partial charge in [0, 0.05) is 18.8 Å². The van der Waals surface area contributed by atoms with Crippen molar-refractivity contribution in [3.05, 3.63) is 30.1 Å². The first-order valence-corrected chi connectivity index (χ1v) is 7.79. The summed E-state index contributed by atoms with van der Waals surface area (Å²) in [6, 6.07) is 5.67. The number of anilines is 2. The Kier molecular flexibility index (Phi) is 4.99. The van der Waals surface area contributed by atoms with E-state index in [2.05, 4.69) is 14.1 Å². The molecule has 7 nitrogen and oxygen atoms in total. The molecule has 0 spiro atoms. The van der Waals surface area contributed by atoms with Crippen LogP contribution >= 0.6 is 11.7 Å². The molecule has 0 atom stereocenters. The van der Waals surface area contributed by atoms with Crippen LogP contribution in [0.25, 0.3) is 0 Å². The second-order valence-electron chi connectivity index (χ2n) is 4.84. The molecule has 1 aliphatic heterocycles. The van der Waals surface area contributed by atoms with E-state index >= 15 is 0 Å². The summed E-state index contributed by atoms with van der Waals surface area (Å²) >= 11 is 1.03. The number of nitrogens with zero attached hydrogens (tertiary/aromatic N) is 3. The van der Waals surface area contributed by atoms with Crippen molar-refractivity contribution in [1.82, 2.24) is 8.75 Å². The normalized spacial score (nSPS) is 14.6. The standard InChI is InChI=1S/C14H15FN4O3S/c15-10-2-1-3-11(8-10)16-12(20)9-22-14-13(17-23-18-14)19-4-6-21-7-5-19/h1-3,8H,4-7,9H2,(H,16,20). The number of aromatic nitrogens is 2. The molecular weight excluding hydrogens is 323 g/mol. The number of rotatable bonds is 5. The van der Waals surface area contributed by atoms with Crippen LogP contribution in [0, 0.1) is 5.82 Å². The highest BCUT2D eigenvalue weighted by atomic mass is 32.1. The van der Waals surface area contributed by atoms with Gasteiger partial charge in [-0.05, 0) is 18.2 Å². The first kappa shape index (κ1) is 15.6. The molecule has 1 N–H and O–H groups in total. The van der Waals surface area contributed by atoms with Gasteiger partial charge in [-0.1, -0.05) is 6.07 Å². The molecule has 1 aromatic heterocycles. The molecule has 1 fully saturated rings. The number of hydrogen-bond donors (Lipinski definition) is 1. The second kappa shape index (κ2) is 7.34. The molecule has 9 heteroatoms. The minimum absolute atomic E-state index is 0.223. The van der Waals surface area contributed by atoms with E-state index in [-0.39, 0.29) is 6.61 Å². The third-order valence-corrected chi connectivity index (χ3v) is 3.70. The lowest BCUT2D eigenvalue weighted by Gasteiger charge is -2.26. The molecule has 122 valence electrons. The molecule has 1 aliphatic rings. The van der Waals surface area contributed by atoms with Gasteiger partial charge in [-0.2, -0.15) is 4.37 Å². The van der Waals surface area contributed by atoms with Gasteiger partial charge >= 0.3 is 0 Å². The van der Waals surface area contributed by atoms with Crippen molar-refractivity contribution >= 4 is 29.1 Å². The summed E-state index contributed by atoms with van der Waals surface area (Å²) in [5.74, 6) is 0.140. The molecule has 1 saturated heterocycles. The van der Waals surface area contributed by atoms with Crippen LogP contribution in [-0.4, -0.2) is 47.6 Å². The van der Waals surface area contributed by atoms with Gasteiger partial charge in [0.05, 0.1) is 24.9 Å². The molecule has 1 aromatic carbocycles. The van der Waals surface area contributed by atoms with Crippen LogP contribution in [0.3, 0.4) is 0 Å². The number of benzene rings is 1. The zero-order valence-corrected chi connectivity index (χ0v) is 13.0. The molecule has 0 bridgehead atoms. The first-order valence-electron chi connectivity index (χ1n) is 7.06. The van der Waals surface area contributed by atoms with Gasteiger partial charge in [0.15, 0.2) is 6.61 Å². The number of halogens is 1. The minimum Gasteiger partial charge on any atom is -0.464 e. The molecule has 2 aromatic rings. The highest BCUT2D eigenvalue weighted by Crippen LogP contribution is 2.26.